The smallest absolute Gasteiger partial charge is 0.370 e. The summed E-state index contributed by atoms with van der Waals surface area (Å²) in [4.78, 5) is 37.2. The molecule has 0 radical (unpaired) electrons. The highest BCUT2D eigenvalue weighted by Crippen LogP contribution is 2.48. The second kappa shape index (κ2) is 30.8. The lowest BCUT2D eigenvalue weighted by molar-refractivity contribution is -0.138. The number of anilines is 5. The number of benzene rings is 3. The lowest BCUT2D eigenvalue weighted by Crippen LogP contribution is -2.35. The molecule has 10 rings (SSSR count). The van der Waals surface area contributed by atoms with Gasteiger partial charge in [0.25, 0.3) is 11.8 Å². The molecule has 0 spiro atoms. The number of carbonyl (C=O) groups excluding carboxylic acids is 2. The zero-order valence-corrected chi connectivity index (χ0v) is 50.0. The van der Waals surface area contributed by atoms with Crippen LogP contribution in [0.2, 0.25) is 0 Å². The van der Waals surface area contributed by atoms with Crippen molar-refractivity contribution in [1.29, 1.82) is 0 Å². The predicted molar refractivity (Wildman–Crippen MR) is 331 cm³/mol. The van der Waals surface area contributed by atoms with Crippen LogP contribution < -0.4 is 31.1 Å². The van der Waals surface area contributed by atoms with Gasteiger partial charge in [-0.2, -0.15) is 50.9 Å². The number of nitrogens with one attached hydrogen (secondary N) is 4. The minimum atomic E-state index is -4.47. The minimum Gasteiger partial charge on any atom is -0.370 e. The van der Waals surface area contributed by atoms with Gasteiger partial charge in [0, 0.05) is 73.2 Å². The van der Waals surface area contributed by atoms with E-state index in [1.807, 2.05) is 0 Å². The van der Waals surface area contributed by atoms with E-state index in [4.69, 9.17) is 24.4 Å². The molecule has 4 fully saturated rings. The van der Waals surface area contributed by atoms with Crippen LogP contribution in [-0.2, 0) is 18.5 Å². The van der Waals surface area contributed by atoms with Crippen molar-refractivity contribution in [2.24, 2.45) is 11.8 Å². The summed E-state index contributed by atoms with van der Waals surface area (Å²) in [5.41, 5.74) is 2.54. The van der Waals surface area contributed by atoms with Gasteiger partial charge in [0.1, 0.15) is 4.99 Å². The van der Waals surface area contributed by atoms with E-state index in [2.05, 4.69) is 41.0 Å². The molecule has 2 saturated heterocycles. The van der Waals surface area contributed by atoms with Crippen LogP contribution in [0, 0.1) is 11.8 Å². The number of amides is 2. The molecule has 5 heterocycles. The van der Waals surface area contributed by atoms with Gasteiger partial charge in [0.2, 0.25) is 0 Å². The topological polar surface area (TPSA) is 115 Å². The second-order valence-electron chi connectivity index (χ2n) is 22.2. The third-order valence-electron chi connectivity index (χ3n) is 16.3. The van der Waals surface area contributed by atoms with Crippen molar-refractivity contribution in [3.63, 3.8) is 0 Å². The van der Waals surface area contributed by atoms with Crippen LogP contribution in [0.5, 0.6) is 0 Å². The summed E-state index contributed by atoms with van der Waals surface area (Å²) in [6, 6.07) is 19.5. The van der Waals surface area contributed by atoms with Crippen molar-refractivity contribution in [3.05, 3.63) is 159 Å². The van der Waals surface area contributed by atoms with Gasteiger partial charge in [-0.3, -0.25) is 24.9 Å². The molecule has 4 N–H and O–H groups in total. The summed E-state index contributed by atoms with van der Waals surface area (Å²) in [7, 11) is 0. The fraction of sp³-hybridized carbons (Fsp3) is 0.438. The van der Waals surface area contributed by atoms with E-state index in [-0.39, 0.29) is 22.4 Å². The highest BCUT2D eigenvalue weighted by atomic mass is 32.1. The van der Waals surface area contributed by atoms with Crippen LogP contribution in [0.15, 0.2) is 120 Å². The van der Waals surface area contributed by atoms with Gasteiger partial charge in [0.15, 0.2) is 5.11 Å². The quantitative estimate of drug-likeness (QED) is 0.0824. The summed E-state index contributed by atoms with van der Waals surface area (Å²) < 4.78 is 120. The molecule has 1 unspecified atom stereocenters. The molecule has 2 saturated carbocycles. The molecule has 0 bridgehead atoms. The van der Waals surface area contributed by atoms with Gasteiger partial charge in [-0.25, -0.2) is 0 Å². The van der Waals surface area contributed by atoms with Crippen LogP contribution in [-0.4, -0.2) is 58.1 Å². The second-order valence-corrected chi connectivity index (χ2v) is 23.8. The molecule has 6 aromatic rings. The first-order valence-corrected chi connectivity index (χ1v) is 31.2. The number of halogens is 9. The first-order chi connectivity index (χ1) is 41.2. The van der Waals surface area contributed by atoms with E-state index in [1.165, 1.54) is 111 Å². The number of alkyl halides is 9. The molecule has 22 heteroatoms. The number of pyridine rings is 2. The molecular formula is C64H71F9N8O2S3. The molecule has 86 heavy (non-hydrogen) atoms. The molecule has 3 aromatic carbocycles. The van der Waals surface area contributed by atoms with Crippen molar-refractivity contribution >= 4 is 86.1 Å². The third kappa shape index (κ3) is 18.9. The van der Waals surface area contributed by atoms with Crippen molar-refractivity contribution in [2.45, 2.75) is 140 Å². The molecule has 2 amide bonds. The maximum absolute atomic E-state index is 13.4. The van der Waals surface area contributed by atoms with Gasteiger partial charge < -0.3 is 25.8 Å². The van der Waals surface area contributed by atoms with Crippen LogP contribution in [0.3, 0.4) is 0 Å². The van der Waals surface area contributed by atoms with Gasteiger partial charge in [-0.1, -0.05) is 88.9 Å². The van der Waals surface area contributed by atoms with E-state index < -0.39 is 47.0 Å². The number of carbonyl (C=O) groups is 2. The Hall–Kier alpha value is -6.65. The zero-order chi connectivity index (χ0) is 61.3. The molecule has 460 valence electrons. The summed E-state index contributed by atoms with van der Waals surface area (Å²) in [5, 5.41) is 14.5. The van der Waals surface area contributed by atoms with Crippen LogP contribution in [0.25, 0.3) is 0 Å². The lowest BCUT2D eigenvalue weighted by atomic mass is 9.66. The number of hydrogen-bond donors (Lipinski definition) is 4. The van der Waals surface area contributed by atoms with Crippen molar-refractivity contribution < 1.29 is 49.1 Å². The number of hydrogen-bond acceptors (Lipinski definition) is 9. The fourth-order valence-electron chi connectivity index (χ4n) is 11.8. The average molecular weight is 1250 g/mol. The van der Waals surface area contributed by atoms with E-state index >= 15 is 0 Å². The number of fused-ring (bicyclic) bond motifs is 1. The Balaban J connectivity index is 0.000000168. The normalized spacial score (nSPS) is 18.7. The highest BCUT2D eigenvalue weighted by molar-refractivity contribution is 7.81. The Kier molecular flexibility index (Phi) is 23.4. The number of thiophene rings is 1. The highest BCUT2D eigenvalue weighted by Gasteiger charge is 2.37. The van der Waals surface area contributed by atoms with E-state index in [0.717, 1.165) is 132 Å². The van der Waals surface area contributed by atoms with Crippen LogP contribution >= 0.6 is 35.8 Å². The maximum atomic E-state index is 13.4. The Labute approximate surface area is 511 Å². The average Bonchev–Trinajstić information content (AvgIpc) is 1.65. The molecule has 2 aliphatic carbocycles. The predicted octanol–water partition coefficient (Wildman–Crippen LogP) is 18.1. The van der Waals surface area contributed by atoms with E-state index in [1.54, 1.807) is 47.4 Å². The number of rotatable bonds is 9. The van der Waals surface area contributed by atoms with Gasteiger partial charge in [-0.05, 0) is 165 Å². The molecule has 3 atom stereocenters. The van der Waals surface area contributed by atoms with E-state index in [0.29, 0.717) is 39.1 Å². The maximum Gasteiger partial charge on any atom is 0.416 e. The standard InChI is InChI=1S/C23H25F3N2S.C21H24F3N3O.C20H22F3N3OS2/c24-23(25,26)19-7-8-20(18-6-5-15-3-1-2-4-17(15)13-18)21(14-19)28-22(29)16-9-11-27-12-10-16;22-21(23,24)17-7-8-19(27-13-5-3-1-2-4-6-14-27)18(15-17)26-20(28)16-9-11-25-12-10-16;21-20(22,23)15-6-7-17(26-9-4-2-1-3-5-10-26)16(12-15)24-19(28)25-18(27)14-8-11-29-13-14/h7-12,14-15,17-18H,1-6,13H2,(H,28,29);7-12,15H,1-6,13-14H2,(H,26,28);6-8,11-13H,1-5,9-10H2,(H2,24,25,27,28)/t15-,17-,18?;;/m1../s1. The molecule has 3 aromatic heterocycles. The van der Waals surface area contributed by atoms with Crippen LogP contribution in [0.1, 0.15) is 170 Å². The largest absolute Gasteiger partial charge is 0.416 e. The molecule has 10 nitrogen and oxygen atoms in total. The fourth-order valence-corrected chi connectivity index (χ4v) is 12.9. The monoisotopic (exact) mass is 1250 g/mol. The lowest BCUT2D eigenvalue weighted by Gasteiger charge is -2.40. The minimum absolute atomic E-state index is 0.0335. The van der Waals surface area contributed by atoms with Crippen molar-refractivity contribution in [2.75, 3.05) is 51.9 Å². The third-order valence-corrected chi connectivity index (χ3v) is 17.5. The van der Waals surface area contributed by atoms with Gasteiger partial charge in [0.05, 0.1) is 45.0 Å². The number of aromatic nitrogens is 2. The summed E-state index contributed by atoms with van der Waals surface area (Å²) in [6.45, 7) is 3.08. The Bertz CT molecular complexity index is 3170. The molecule has 4 aliphatic rings. The summed E-state index contributed by atoms with van der Waals surface area (Å²) >= 11 is 12.0. The first-order valence-electron chi connectivity index (χ1n) is 29.4. The number of nitrogens with zero attached hydrogens (tertiary/aromatic N) is 4. The van der Waals surface area contributed by atoms with Gasteiger partial charge >= 0.3 is 18.5 Å². The Morgan fingerprint density at radius 2 is 0.942 bits per heavy atom. The summed E-state index contributed by atoms with van der Waals surface area (Å²) in [6.07, 6.45) is 13.2. The van der Waals surface area contributed by atoms with Crippen molar-refractivity contribution in [1.82, 2.24) is 15.3 Å². The molecular weight excluding hydrogens is 1180 g/mol. The van der Waals surface area contributed by atoms with E-state index in [9.17, 15) is 49.1 Å². The van der Waals surface area contributed by atoms with Crippen LogP contribution in [0.4, 0.5) is 68.0 Å². The van der Waals surface area contributed by atoms with Crippen molar-refractivity contribution in [3.8, 4) is 0 Å². The molecule has 2 aliphatic heterocycles. The summed E-state index contributed by atoms with van der Waals surface area (Å²) in [5.74, 6) is 0.920. The first kappa shape index (κ1) is 65.3. The Morgan fingerprint density at radius 3 is 1.44 bits per heavy atom. The Morgan fingerprint density at radius 1 is 0.477 bits per heavy atom. The number of thiocarbonyl (C=S) groups is 2. The zero-order valence-electron chi connectivity index (χ0n) is 47.6. The SMILES string of the molecule is FC(F)(F)c1ccc(C2CC[C@H]3CCCC[C@@H]3C2)c(NC(=S)c2ccncc2)c1.O=C(NC(=S)Nc1cc(C(F)(F)F)ccc1N1CCCCCCC1)c1ccsc1.O=C(Nc1cc(C(F)(F)F)ccc1N1CCCCCCCC1)c1ccncc1. The van der Waals surface area contributed by atoms with Gasteiger partial charge in [-0.15, -0.1) is 0 Å².